The van der Waals surface area contributed by atoms with Crippen LogP contribution in [0.3, 0.4) is 0 Å². The van der Waals surface area contributed by atoms with Crippen molar-refractivity contribution in [2.24, 2.45) is 0 Å². The smallest absolute Gasteiger partial charge is 0.0793 e. The van der Waals surface area contributed by atoms with E-state index in [-0.39, 0.29) is 0 Å². The maximum absolute atomic E-state index is 8.43. The molecule has 0 N–H and O–H groups in total. The van der Waals surface area contributed by atoms with E-state index in [4.69, 9.17) is 28.5 Å². The van der Waals surface area contributed by atoms with Crippen molar-refractivity contribution in [1.82, 2.24) is 0 Å². The van der Waals surface area contributed by atoms with Crippen molar-refractivity contribution in [2.45, 2.75) is 17.7 Å². The van der Waals surface area contributed by atoms with E-state index in [0.29, 0.717) is 17.9 Å². The van der Waals surface area contributed by atoms with Crippen molar-refractivity contribution in [2.75, 3.05) is 0 Å². The Balaban J connectivity index is 2.68. The largest absolute Gasteiger partial charge is 0.198 e. The Morgan fingerprint density at radius 2 is 2.45 bits per heavy atom. The molecule has 1 rings (SSSR count). The summed E-state index contributed by atoms with van der Waals surface area (Å²) < 4.78 is 0. The Morgan fingerprint density at radius 3 is 2.91 bits per heavy atom. The molecule has 0 radical (unpaired) electrons. The molecule has 11 heavy (non-hydrogen) atoms. The van der Waals surface area contributed by atoms with E-state index in [1.807, 2.05) is 12.1 Å². The molecule has 1 unspecified atom stereocenters. The summed E-state index contributed by atoms with van der Waals surface area (Å²) >= 11 is 11.7. The van der Waals surface area contributed by atoms with Crippen LogP contribution in [0, 0.1) is 11.3 Å². The van der Waals surface area contributed by atoms with Gasteiger partial charge in [-0.05, 0) is 12.5 Å². The van der Waals surface area contributed by atoms with Crippen molar-refractivity contribution < 1.29 is 0 Å². The van der Waals surface area contributed by atoms with Crippen LogP contribution in [0.5, 0.6) is 0 Å². The van der Waals surface area contributed by atoms with Gasteiger partial charge < -0.3 is 0 Å². The highest BCUT2D eigenvalue weighted by Crippen LogP contribution is 2.31. The molecule has 0 aromatic heterocycles. The predicted molar refractivity (Wildman–Crippen MR) is 46.5 cm³/mol. The highest BCUT2D eigenvalue weighted by atomic mass is 35.5. The van der Waals surface area contributed by atoms with Gasteiger partial charge in [-0.25, -0.2) is 0 Å². The first-order valence-electron chi connectivity index (χ1n) is 3.27. The number of nitrogens with zero attached hydrogens (tertiary/aromatic N) is 1. The fourth-order valence-electron chi connectivity index (χ4n) is 0.895. The third kappa shape index (κ3) is 2.25. The number of alkyl halides is 1. The number of allylic oxidation sites excluding steroid dienone is 4. The molecule has 58 valence electrons. The van der Waals surface area contributed by atoms with Gasteiger partial charge in [-0.2, -0.15) is 5.26 Å². The van der Waals surface area contributed by atoms with Crippen LogP contribution in [0.1, 0.15) is 12.8 Å². The molecular weight excluding hydrogens is 181 g/mol. The topological polar surface area (TPSA) is 23.8 Å². The third-order valence-electron chi connectivity index (χ3n) is 1.55. The first kappa shape index (κ1) is 8.64. The lowest BCUT2D eigenvalue weighted by molar-refractivity contribution is 0.719. The van der Waals surface area contributed by atoms with E-state index in [1.54, 1.807) is 12.2 Å². The van der Waals surface area contributed by atoms with Gasteiger partial charge in [-0.15, -0.1) is 11.6 Å². The molecule has 0 saturated carbocycles. The number of rotatable bonds is 1. The Labute approximate surface area is 75.9 Å². The number of hydrogen-bond donors (Lipinski definition) is 0. The SMILES string of the molecule is N#CCC1(Cl)C=CC(Cl)=CC1. The van der Waals surface area contributed by atoms with E-state index in [0.717, 1.165) is 0 Å². The van der Waals surface area contributed by atoms with Crippen LogP contribution in [0.4, 0.5) is 0 Å². The maximum Gasteiger partial charge on any atom is 0.0793 e. The minimum Gasteiger partial charge on any atom is -0.198 e. The number of hydrogen-bond acceptors (Lipinski definition) is 1. The van der Waals surface area contributed by atoms with E-state index >= 15 is 0 Å². The summed E-state index contributed by atoms with van der Waals surface area (Å²) in [5.41, 5.74) is 0. The van der Waals surface area contributed by atoms with E-state index in [9.17, 15) is 0 Å². The van der Waals surface area contributed by atoms with Crippen LogP contribution >= 0.6 is 23.2 Å². The van der Waals surface area contributed by atoms with Gasteiger partial charge in [0.05, 0.1) is 17.4 Å². The quantitative estimate of drug-likeness (QED) is 0.580. The normalized spacial score (nSPS) is 29.4. The van der Waals surface area contributed by atoms with Crippen LogP contribution in [-0.2, 0) is 0 Å². The molecule has 1 aliphatic rings. The van der Waals surface area contributed by atoms with Crippen LogP contribution in [0.15, 0.2) is 23.3 Å². The fourth-order valence-corrected chi connectivity index (χ4v) is 1.23. The first-order valence-corrected chi connectivity index (χ1v) is 4.03. The molecular formula is C8H7Cl2N. The van der Waals surface area contributed by atoms with Crippen molar-refractivity contribution in [3.63, 3.8) is 0 Å². The highest BCUT2D eigenvalue weighted by molar-refractivity contribution is 6.32. The summed E-state index contributed by atoms with van der Waals surface area (Å²) in [4.78, 5) is -0.521. The Hall–Kier alpha value is -0.450. The second-order valence-corrected chi connectivity index (χ2v) is 3.69. The van der Waals surface area contributed by atoms with Gasteiger partial charge in [-0.1, -0.05) is 23.8 Å². The predicted octanol–water partition coefficient (Wildman–Crippen LogP) is 2.96. The average Bonchev–Trinajstić information content (AvgIpc) is 1.97. The van der Waals surface area contributed by atoms with Crippen molar-refractivity contribution in [3.8, 4) is 6.07 Å². The highest BCUT2D eigenvalue weighted by Gasteiger charge is 2.24. The van der Waals surface area contributed by atoms with Gasteiger partial charge in [0.25, 0.3) is 0 Å². The first-order chi connectivity index (χ1) is 5.16. The van der Waals surface area contributed by atoms with E-state index < -0.39 is 4.87 Å². The second kappa shape index (κ2) is 3.30. The minimum absolute atomic E-state index is 0.325. The van der Waals surface area contributed by atoms with Crippen LogP contribution in [-0.4, -0.2) is 4.87 Å². The summed E-state index contributed by atoms with van der Waals surface area (Å²) in [6.45, 7) is 0. The molecule has 0 fully saturated rings. The molecule has 0 spiro atoms. The Bertz CT molecular complexity index is 249. The second-order valence-electron chi connectivity index (χ2n) is 2.50. The number of halogens is 2. The van der Waals surface area contributed by atoms with Crippen molar-refractivity contribution >= 4 is 23.2 Å². The van der Waals surface area contributed by atoms with Gasteiger partial charge in [0.2, 0.25) is 0 Å². The lowest BCUT2D eigenvalue weighted by Gasteiger charge is -2.20. The van der Waals surface area contributed by atoms with Gasteiger partial charge in [0.15, 0.2) is 0 Å². The lowest BCUT2D eigenvalue weighted by Crippen LogP contribution is -2.18. The molecule has 0 aromatic carbocycles. The Kier molecular flexibility index (Phi) is 2.59. The summed E-state index contributed by atoms with van der Waals surface area (Å²) in [7, 11) is 0. The molecule has 0 bridgehead atoms. The van der Waals surface area contributed by atoms with Crippen molar-refractivity contribution in [3.05, 3.63) is 23.3 Å². The third-order valence-corrected chi connectivity index (χ3v) is 2.24. The van der Waals surface area contributed by atoms with Gasteiger partial charge in [0, 0.05) is 5.03 Å². The molecule has 3 heteroatoms. The molecule has 1 nitrogen and oxygen atoms in total. The lowest BCUT2D eigenvalue weighted by atomic mass is 9.97. The van der Waals surface area contributed by atoms with Crippen LogP contribution in [0.25, 0.3) is 0 Å². The van der Waals surface area contributed by atoms with Gasteiger partial charge in [0.1, 0.15) is 0 Å². The van der Waals surface area contributed by atoms with E-state index in [2.05, 4.69) is 0 Å². The zero-order valence-corrected chi connectivity index (χ0v) is 7.36. The molecule has 0 saturated heterocycles. The molecule has 0 heterocycles. The number of nitriles is 1. The van der Waals surface area contributed by atoms with Crippen molar-refractivity contribution in [1.29, 1.82) is 5.26 Å². The minimum atomic E-state index is -0.521. The fraction of sp³-hybridized carbons (Fsp3) is 0.375. The Morgan fingerprint density at radius 1 is 1.73 bits per heavy atom. The summed E-state index contributed by atoms with van der Waals surface area (Å²) in [6, 6.07) is 2.04. The van der Waals surface area contributed by atoms with Crippen LogP contribution in [0.2, 0.25) is 0 Å². The van der Waals surface area contributed by atoms with Crippen LogP contribution < -0.4 is 0 Å². The standard InChI is InChI=1S/C8H7Cl2N/c9-7-1-3-8(10,4-2-7)5-6-11/h1-3H,4-5H2. The maximum atomic E-state index is 8.43. The summed E-state index contributed by atoms with van der Waals surface area (Å²) in [6.07, 6.45) is 6.30. The average molecular weight is 188 g/mol. The molecule has 0 aliphatic heterocycles. The molecule has 1 atom stereocenters. The zero-order valence-electron chi connectivity index (χ0n) is 5.85. The van der Waals surface area contributed by atoms with Gasteiger partial charge >= 0.3 is 0 Å². The van der Waals surface area contributed by atoms with E-state index in [1.165, 1.54) is 0 Å². The monoisotopic (exact) mass is 187 g/mol. The molecule has 0 aromatic rings. The zero-order chi connectivity index (χ0) is 8.32. The summed E-state index contributed by atoms with van der Waals surface area (Å²) in [5.74, 6) is 0. The van der Waals surface area contributed by atoms with Gasteiger partial charge in [-0.3, -0.25) is 0 Å². The molecule has 0 amide bonds. The molecule has 1 aliphatic carbocycles. The summed E-state index contributed by atoms with van der Waals surface area (Å²) in [5, 5.41) is 9.12.